The van der Waals surface area contributed by atoms with Crippen molar-refractivity contribution in [2.45, 2.75) is 91.5 Å². The van der Waals surface area contributed by atoms with Crippen LogP contribution >= 0.6 is 16.1 Å². The molecule has 0 spiro atoms. The molecule has 0 aliphatic carbocycles. The standard InChI is InChI=1S/C27H44BrN3O2/c1-10-18(11-2)16-30(9)22-12-13-31(25(22)29-28)17-23(32)19-14-20(26(3,4)5)24(33)21(15-19)27(6,7)8/h14-15,18,22,33H,10-13,16-17H2,1-9H3/b29-25-. The second-order valence-electron chi connectivity index (χ2n) is 11.6. The van der Waals surface area contributed by atoms with Gasteiger partial charge >= 0.3 is 0 Å². The molecule has 6 heteroatoms. The number of hydrogen-bond acceptors (Lipinski definition) is 4. The minimum Gasteiger partial charge on any atom is -0.507 e. The molecule has 5 nitrogen and oxygen atoms in total. The van der Waals surface area contributed by atoms with E-state index >= 15 is 0 Å². The average Bonchev–Trinajstić information content (AvgIpc) is 3.12. The van der Waals surface area contributed by atoms with Gasteiger partial charge in [0.15, 0.2) is 5.78 Å². The monoisotopic (exact) mass is 521 g/mol. The van der Waals surface area contributed by atoms with E-state index in [1.54, 1.807) is 0 Å². The molecule has 1 atom stereocenters. The first-order chi connectivity index (χ1) is 15.2. The molecule has 1 heterocycles. The number of phenols is 1. The van der Waals surface area contributed by atoms with Crippen LogP contribution in [0, 0.1) is 5.92 Å². The predicted molar refractivity (Wildman–Crippen MR) is 143 cm³/mol. The van der Waals surface area contributed by atoms with Crippen LogP contribution in [0.2, 0.25) is 0 Å². The average molecular weight is 523 g/mol. The van der Waals surface area contributed by atoms with E-state index in [9.17, 15) is 9.90 Å². The lowest BCUT2D eigenvalue weighted by Gasteiger charge is -2.29. The van der Waals surface area contributed by atoms with E-state index in [4.69, 9.17) is 0 Å². The number of aromatic hydroxyl groups is 1. The van der Waals surface area contributed by atoms with Crippen molar-refractivity contribution in [2.24, 2.45) is 9.94 Å². The molecule has 0 aromatic heterocycles. The Morgan fingerprint density at radius 2 is 1.67 bits per heavy atom. The van der Waals surface area contributed by atoms with Gasteiger partial charge in [-0.3, -0.25) is 9.69 Å². The number of nitrogens with zero attached hydrogens (tertiary/aromatic N) is 3. The van der Waals surface area contributed by atoms with Crippen LogP contribution in [-0.2, 0) is 10.8 Å². The summed E-state index contributed by atoms with van der Waals surface area (Å²) in [7, 11) is 2.16. The van der Waals surface area contributed by atoms with Gasteiger partial charge in [-0.25, -0.2) is 0 Å². The van der Waals surface area contributed by atoms with Gasteiger partial charge in [-0.05, 0) is 42.3 Å². The fraction of sp³-hybridized carbons (Fsp3) is 0.704. The Bertz CT molecular complexity index is 828. The van der Waals surface area contributed by atoms with Crippen molar-refractivity contribution in [3.8, 4) is 5.75 Å². The van der Waals surface area contributed by atoms with Crippen LogP contribution in [0.3, 0.4) is 0 Å². The van der Waals surface area contributed by atoms with Crippen LogP contribution in [0.25, 0.3) is 0 Å². The first kappa shape index (κ1) is 27.8. The number of amidine groups is 1. The van der Waals surface area contributed by atoms with Crippen molar-refractivity contribution in [1.82, 2.24) is 9.80 Å². The van der Waals surface area contributed by atoms with Crippen LogP contribution < -0.4 is 0 Å². The molecule has 186 valence electrons. The van der Waals surface area contributed by atoms with Crippen molar-refractivity contribution in [1.29, 1.82) is 0 Å². The first-order valence-electron chi connectivity index (χ1n) is 12.3. The lowest BCUT2D eigenvalue weighted by molar-refractivity contribution is 0.0966. The zero-order valence-corrected chi connectivity index (χ0v) is 23.7. The maximum Gasteiger partial charge on any atom is 0.182 e. The van der Waals surface area contributed by atoms with Crippen molar-refractivity contribution in [3.05, 3.63) is 28.8 Å². The summed E-state index contributed by atoms with van der Waals surface area (Å²) in [5.41, 5.74) is 1.76. The number of rotatable bonds is 8. The number of carbonyl (C=O) groups is 1. The lowest BCUT2D eigenvalue weighted by Crippen LogP contribution is -2.42. The second kappa shape index (κ2) is 10.9. The van der Waals surface area contributed by atoms with Crippen molar-refractivity contribution < 1.29 is 9.90 Å². The minimum absolute atomic E-state index is 0.0583. The quantitative estimate of drug-likeness (QED) is 0.406. The molecular weight excluding hydrogens is 478 g/mol. The van der Waals surface area contributed by atoms with E-state index in [0.717, 1.165) is 36.5 Å². The third-order valence-electron chi connectivity index (χ3n) is 7.00. The highest BCUT2D eigenvalue weighted by Crippen LogP contribution is 2.40. The van der Waals surface area contributed by atoms with Crippen molar-refractivity contribution in [3.63, 3.8) is 0 Å². The van der Waals surface area contributed by atoms with Crippen LogP contribution in [0.1, 0.15) is 96.1 Å². The number of halogens is 1. The highest BCUT2D eigenvalue weighted by atomic mass is 79.9. The molecule has 1 unspecified atom stereocenters. The van der Waals surface area contributed by atoms with Crippen LogP contribution in [0.15, 0.2) is 16.2 Å². The highest BCUT2D eigenvalue weighted by molar-refractivity contribution is 9.08. The summed E-state index contributed by atoms with van der Waals surface area (Å²) in [6, 6.07) is 3.97. The molecule has 0 amide bonds. The Morgan fingerprint density at radius 3 is 2.09 bits per heavy atom. The number of ketones is 1. The molecule has 1 aliphatic rings. The molecule has 0 bridgehead atoms. The van der Waals surface area contributed by atoms with E-state index in [0.29, 0.717) is 17.2 Å². The largest absolute Gasteiger partial charge is 0.507 e. The van der Waals surface area contributed by atoms with E-state index in [-0.39, 0.29) is 29.2 Å². The number of likely N-dealkylation sites (N-methyl/N-ethyl adjacent to an activating group) is 1. The molecular formula is C27H44BrN3O2. The maximum absolute atomic E-state index is 13.5. The van der Waals surface area contributed by atoms with Gasteiger partial charge in [-0.2, -0.15) is 4.02 Å². The van der Waals surface area contributed by atoms with Gasteiger partial charge < -0.3 is 10.0 Å². The minimum atomic E-state index is -0.264. The summed E-state index contributed by atoms with van der Waals surface area (Å²) in [4.78, 5) is 18.0. The second-order valence-corrected chi connectivity index (χ2v) is 12.0. The molecule has 0 radical (unpaired) electrons. The highest BCUT2D eigenvalue weighted by Gasteiger charge is 2.35. The molecule has 33 heavy (non-hydrogen) atoms. The topological polar surface area (TPSA) is 56.1 Å². The zero-order valence-electron chi connectivity index (χ0n) is 22.1. The Hall–Kier alpha value is -1.40. The number of carbonyl (C=O) groups excluding carboxylic acids is 1. The Kier molecular flexibility index (Phi) is 9.19. The first-order valence-corrected chi connectivity index (χ1v) is 13.0. The third-order valence-corrected chi connectivity index (χ3v) is 7.36. The summed E-state index contributed by atoms with van der Waals surface area (Å²) >= 11 is 3.33. The third kappa shape index (κ3) is 6.60. The van der Waals surface area contributed by atoms with Gasteiger partial charge in [0.25, 0.3) is 0 Å². The summed E-state index contributed by atoms with van der Waals surface area (Å²) < 4.78 is 4.43. The van der Waals surface area contributed by atoms with Gasteiger partial charge in [0.1, 0.15) is 11.6 Å². The summed E-state index contributed by atoms with van der Waals surface area (Å²) in [5.74, 6) is 1.97. The summed E-state index contributed by atoms with van der Waals surface area (Å²) in [6.07, 6.45) is 3.30. The Labute approximate surface area is 210 Å². The normalized spacial score (nSPS) is 18.7. The van der Waals surface area contributed by atoms with Crippen molar-refractivity contribution in [2.75, 3.05) is 26.7 Å². The summed E-state index contributed by atoms with van der Waals surface area (Å²) in [5, 5.41) is 11.0. The smallest absolute Gasteiger partial charge is 0.182 e. The summed E-state index contributed by atoms with van der Waals surface area (Å²) in [6.45, 7) is 19.0. The van der Waals surface area contributed by atoms with Crippen LogP contribution in [0.4, 0.5) is 0 Å². The number of Topliss-reactive ketones (excluding diaryl/α,β-unsaturated/α-hetero) is 1. The van der Waals surface area contributed by atoms with Crippen LogP contribution in [0.5, 0.6) is 5.75 Å². The Morgan fingerprint density at radius 1 is 1.15 bits per heavy atom. The number of hydrogen-bond donors (Lipinski definition) is 1. The molecule has 0 saturated carbocycles. The molecule has 1 aromatic carbocycles. The van der Waals surface area contributed by atoms with Gasteiger partial charge in [-0.15, -0.1) is 0 Å². The number of phenolic OH excluding ortho intramolecular Hbond substituents is 1. The van der Waals surface area contributed by atoms with Crippen molar-refractivity contribution >= 4 is 27.8 Å². The zero-order chi connectivity index (χ0) is 25.1. The SMILES string of the molecule is CCC(CC)CN(C)C1CCN(CC(=O)c2cc(C(C)(C)C)c(O)c(C(C)(C)C)c2)/C1=N\Br. The molecule has 1 saturated heterocycles. The van der Waals surface area contributed by atoms with Gasteiger partial charge in [0.05, 0.1) is 28.7 Å². The Balaban J connectivity index is 2.29. The molecule has 1 aromatic rings. The van der Waals surface area contributed by atoms with Crippen LogP contribution in [-0.4, -0.2) is 59.2 Å². The molecule has 1 aliphatic heterocycles. The van der Waals surface area contributed by atoms with Gasteiger partial charge in [-0.1, -0.05) is 68.2 Å². The molecule has 1 N–H and O–H groups in total. The van der Waals surface area contributed by atoms with E-state index in [1.807, 2.05) is 12.1 Å². The van der Waals surface area contributed by atoms with Gasteiger partial charge in [0, 0.05) is 29.8 Å². The van der Waals surface area contributed by atoms with E-state index in [1.165, 1.54) is 12.8 Å². The maximum atomic E-state index is 13.5. The fourth-order valence-corrected chi connectivity index (χ4v) is 5.17. The predicted octanol–water partition coefficient (Wildman–Crippen LogP) is 6.32. The van der Waals surface area contributed by atoms with Gasteiger partial charge in [0.2, 0.25) is 0 Å². The fourth-order valence-electron chi connectivity index (χ4n) is 4.70. The molecule has 2 rings (SSSR count). The molecule has 1 fully saturated rings. The lowest BCUT2D eigenvalue weighted by atomic mass is 9.78. The number of benzene rings is 1. The number of likely N-dealkylation sites (tertiary alicyclic amines) is 1. The van der Waals surface area contributed by atoms with E-state index < -0.39 is 0 Å². The van der Waals surface area contributed by atoms with E-state index in [2.05, 4.69) is 92.4 Å².